The fourth-order valence-electron chi connectivity index (χ4n) is 3.29. The lowest BCUT2D eigenvalue weighted by Gasteiger charge is -2.21. The molecule has 0 spiro atoms. The van der Waals surface area contributed by atoms with E-state index in [1.54, 1.807) is 0 Å². The average Bonchev–Trinajstić information content (AvgIpc) is 2.99. The lowest BCUT2D eigenvalue weighted by Crippen LogP contribution is -2.44. The standard InChI is InChI=1S/C19H32NO5P/c1-2-3-4-5-6-7-8-16-9-11-17(12-10-16)18-13-19(20,14-24-18)15-25-26(21,22)23/h9-12,18H,2-8,13-15,20H2,1H3,(H2,21,22,23). The summed E-state index contributed by atoms with van der Waals surface area (Å²) in [6.07, 6.45) is 9.16. The van der Waals surface area contributed by atoms with E-state index < -0.39 is 13.4 Å². The number of benzene rings is 1. The van der Waals surface area contributed by atoms with Crippen molar-refractivity contribution in [3.63, 3.8) is 0 Å². The molecule has 7 heteroatoms. The van der Waals surface area contributed by atoms with Crippen molar-refractivity contribution in [1.82, 2.24) is 0 Å². The van der Waals surface area contributed by atoms with Crippen molar-refractivity contribution in [2.45, 2.75) is 69.9 Å². The zero-order valence-corrected chi connectivity index (χ0v) is 16.5. The maximum absolute atomic E-state index is 10.9. The average molecular weight is 385 g/mol. The number of nitrogens with two attached hydrogens (primary N) is 1. The van der Waals surface area contributed by atoms with Gasteiger partial charge in [-0.1, -0.05) is 63.3 Å². The van der Waals surface area contributed by atoms with Gasteiger partial charge in [-0.2, -0.15) is 0 Å². The van der Waals surface area contributed by atoms with E-state index in [4.69, 9.17) is 20.3 Å². The highest BCUT2D eigenvalue weighted by molar-refractivity contribution is 7.46. The fraction of sp³-hybridized carbons (Fsp3) is 0.684. The molecule has 1 aromatic rings. The van der Waals surface area contributed by atoms with Gasteiger partial charge in [-0.25, -0.2) is 4.57 Å². The van der Waals surface area contributed by atoms with Gasteiger partial charge in [-0.15, -0.1) is 0 Å². The molecule has 0 aliphatic carbocycles. The van der Waals surface area contributed by atoms with Gasteiger partial charge in [-0.05, 0) is 24.0 Å². The lowest BCUT2D eigenvalue weighted by molar-refractivity contribution is 0.0935. The van der Waals surface area contributed by atoms with Crippen LogP contribution in [0.4, 0.5) is 0 Å². The van der Waals surface area contributed by atoms with E-state index >= 15 is 0 Å². The van der Waals surface area contributed by atoms with Gasteiger partial charge in [0.1, 0.15) is 0 Å². The van der Waals surface area contributed by atoms with E-state index in [1.165, 1.54) is 44.1 Å². The van der Waals surface area contributed by atoms with Crippen molar-refractivity contribution in [2.75, 3.05) is 13.2 Å². The lowest BCUT2D eigenvalue weighted by atomic mass is 9.94. The molecule has 4 N–H and O–H groups in total. The van der Waals surface area contributed by atoms with Crippen LogP contribution in [0.5, 0.6) is 0 Å². The van der Waals surface area contributed by atoms with Crippen molar-refractivity contribution in [3.8, 4) is 0 Å². The molecule has 1 heterocycles. The third kappa shape index (κ3) is 7.47. The molecule has 0 saturated carbocycles. The molecule has 0 radical (unpaired) electrons. The maximum Gasteiger partial charge on any atom is 0.469 e. The topological polar surface area (TPSA) is 102 Å². The van der Waals surface area contributed by atoms with Crippen LogP contribution in [0.15, 0.2) is 24.3 Å². The maximum atomic E-state index is 10.9. The molecule has 0 bridgehead atoms. The molecule has 2 rings (SSSR count). The van der Waals surface area contributed by atoms with Crippen molar-refractivity contribution in [2.24, 2.45) is 5.73 Å². The Labute approximate surface area is 156 Å². The Morgan fingerprint density at radius 3 is 2.50 bits per heavy atom. The predicted molar refractivity (Wildman–Crippen MR) is 102 cm³/mol. The highest BCUT2D eigenvalue weighted by atomic mass is 31.2. The third-order valence-electron chi connectivity index (χ3n) is 4.85. The normalized spacial score (nSPS) is 23.5. The number of ether oxygens (including phenoxy) is 1. The summed E-state index contributed by atoms with van der Waals surface area (Å²) in [5.41, 5.74) is 7.64. The molecular formula is C19H32NO5P. The second kappa shape index (κ2) is 9.98. The van der Waals surface area contributed by atoms with Gasteiger partial charge < -0.3 is 20.3 Å². The van der Waals surface area contributed by atoms with Crippen molar-refractivity contribution in [1.29, 1.82) is 0 Å². The third-order valence-corrected chi connectivity index (χ3v) is 5.32. The Balaban J connectivity index is 1.77. The summed E-state index contributed by atoms with van der Waals surface area (Å²) in [6, 6.07) is 8.39. The Hall–Kier alpha value is -0.750. The molecule has 1 fully saturated rings. The Bertz CT molecular complexity index is 588. The summed E-state index contributed by atoms with van der Waals surface area (Å²) in [6.45, 7) is 2.23. The number of rotatable bonds is 11. The predicted octanol–water partition coefficient (Wildman–Crippen LogP) is 3.86. The number of aryl methyl sites for hydroxylation is 1. The van der Waals surface area contributed by atoms with Crippen LogP contribution in [0.25, 0.3) is 0 Å². The van der Waals surface area contributed by atoms with Gasteiger partial charge in [0, 0.05) is 6.42 Å². The largest absolute Gasteiger partial charge is 0.469 e. The summed E-state index contributed by atoms with van der Waals surface area (Å²) in [7, 11) is -4.51. The van der Waals surface area contributed by atoms with Gasteiger partial charge in [0.2, 0.25) is 0 Å². The van der Waals surface area contributed by atoms with Crippen molar-refractivity contribution < 1.29 is 23.6 Å². The second-order valence-electron chi connectivity index (χ2n) is 7.39. The quantitative estimate of drug-likeness (QED) is 0.395. The zero-order valence-electron chi connectivity index (χ0n) is 15.6. The zero-order chi connectivity index (χ0) is 19.0. The minimum atomic E-state index is -4.51. The SMILES string of the molecule is CCCCCCCCc1ccc(C2CC(N)(COP(=O)(O)O)CO2)cc1. The summed E-state index contributed by atoms with van der Waals surface area (Å²) in [5, 5.41) is 0. The van der Waals surface area contributed by atoms with Gasteiger partial charge >= 0.3 is 7.82 Å². The Morgan fingerprint density at radius 2 is 1.85 bits per heavy atom. The molecule has 1 aliphatic rings. The molecule has 0 aromatic heterocycles. The molecule has 0 amide bonds. The molecule has 1 saturated heterocycles. The Kier molecular flexibility index (Phi) is 8.27. The van der Waals surface area contributed by atoms with E-state index in [2.05, 4.69) is 35.7 Å². The van der Waals surface area contributed by atoms with E-state index in [9.17, 15) is 4.57 Å². The molecule has 148 valence electrons. The van der Waals surface area contributed by atoms with Crippen LogP contribution in [0, 0.1) is 0 Å². The van der Waals surface area contributed by atoms with Crippen LogP contribution in [-0.2, 0) is 20.2 Å². The first-order chi connectivity index (χ1) is 12.3. The summed E-state index contributed by atoms with van der Waals surface area (Å²) >= 11 is 0. The minimum Gasteiger partial charge on any atom is -0.371 e. The first-order valence-electron chi connectivity index (χ1n) is 9.51. The Morgan fingerprint density at radius 1 is 1.19 bits per heavy atom. The van der Waals surface area contributed by atoms with Crippen LogP contribution in [-0.4, -0.2) is 28.5 Å². The van der Waals surface area contributed by atoms with Crippen molar-refractivity contribution >= 4 is 7.82 Å². The van der Waals surface area contributed by atoms with E-state index in [0.29, 0.717) is 6.42 Å². The minimum absolute atomic E-state index is 0.163. The van der Waals surface area contributed by atoms with Gasteiger partial charge in [-0.3, -0.25) is 4.52 Å². The van der Waals surface area contributed by atoms with E-state index in [1.807, 2.05) is 0 Å². The number of phosphoric ester groups is 1. The number of hydrogen-bond donors (Lipinski definition) is 3. The first-order valence-corrected chi connectivity index (χ1v) is 11.0. The van der Waals surface area contributed by atoms with Gasteiger partial charge in [0.25, 0.3) is 0 Å². The van der Waals surface area contributed by atoms with Crippen LogP contribution in [0.2, 0.25) is 0 Å². The number of hydrogen-bond acceptors (Lipinski definition) is 4. The molecule has 1 aromatic carbocycles. The highest BCUT2D eigenvalue weighted by Crippen LogP contribution is 2.40. The summed E-state index contributed by atoms with van der Waals surface area (Å²) in [4.78, 5) is 17.7. The number of phosphoric acid groups is 1. The monoisotopic (exact) mass is 385 g/mol. The molecule has 26 heavy (non-hydrogen) atoms. The molecule has 2 atom stereocenters. The van der Waals surface area contributed by atoms with Crippen LogP contribution >= 0.6 is 7.82 Å². The van der Waals surface area contributed by atoms with E-state index in [0.717, 1.165) is 12.0 Å². The first kappa shape index (κ1) is 21.5. The van der Waals surface area contributed by atoms with Crippen LogP contribution in [0.1, 0.15) is 69.1 Å². The van der Waals surface area contributed by atoms with Gasteiger partial charge in [0.15, 0.2) is 0 Å². The van der Waals surface area contributed by atoms with E-state index in [-0.39, 0.29) is 19.3 Å². The molecular weight excluding hydrogens is 353 g/mol. The molecule has 1 aliphatic heterocycles. The molecule has 6 nitrogen and oxygen atoms in total. The summed E-state index contributed by atoms with van der Waals surface area (Å²) < 4.78 is 21.2. The number of unbranched alkanes of at least 4 members (excludes halogenated alkanes) is 5. The van der Waals surface area contributed by atoms with Crippen LogP contribution < -0.4 is 5.73 Å². The van der Waals surface area contributed by atoms with Gasteiger partial charge in [0.05, 0.1) is 24.9 Å². The van der Waals surface area contributed by atoms with Crippen molar-refractivity contribution in [3.05, 3.63) is 35.4 Å². The smallest absolute Gasteiger partial charge is 0.371 e. The summed E-state index contributed by atoms with van der Waals surface area (Å²) in [5.74, 6) is 0. The second-order valence-corrected chi connectivity index (χ2v) is 8.63. The highest BCUT2D eigenvalue weighted by Gasteiger charge is 2.39. The fourth-order valence-corrected chi connectivity index (χ4v) is 3.71. The molecule has 2 unspecified atom stereocenters. The van der Waals surface area contributed by atoms with Crippen LogP contribution in [0.3, 0.4) is 0 Å².